The molecule has 7 heteroatoms. The Morgan fingerprint density at radius 2 is 1.61 bits per heavy atom. The van der Waals surface area contributed by atoms with Gasteiger partial charge in [0.25, 0.3) is 11.8 Å². The monoisotopic (exact) mass is 547 g/mol. The van der Waals surface area contributed by atoms with Crippen molar-refractivity contribution >= 4 is 29.3 Å². The molecule has 4 aromatic carbocycles. The van der Waals surface area contributed by atoms with Gasteiger partial charge < -0.3 is 14.5 Å². The van der Waals surface area contributed by atoms with E-state index in [-0.39, 0.29) is 23.4 Å². The number of fused-ring (bicyclic) bond motifs is 1. The standard InChI is InChI=1S/C34H30FN3O3/c1-24-5-4-6-26(21-24)23-38-30-7-2-3-8-31(30)41-32(34(38)40)22-25-9-11-27(12-10-25)33(39)37-19-17-36(18-20-37)29-15-13-28(35)14-16-29/h2-16,21-22H,17-20,23H2,1H3. The van der Waals surface area contributed by atoms with Crippen molar-refractivity contribution in [3.8, 4) is 5.75 Å². The number of benzene rings is 4. The number of amides is 2. The normalized spacial score (nSPS) is 16.0. The third-order valence-corrected chi connectivity index (χ3v) is 7.47. The minimum Gasteiger partial charge on any atom is -0.449 e. The number of carbonyl (C=O) groups is 2. The Morgan fingerprint density at radius 3 is 2.34 bits per heavy atom. The van der Waals surface area contributed by atoms with Crippen LogP contribution in [0.2, 0.25) is 0 Å². The van der Waals surface area contributed by atoms with Crippen molar-refractivity contribution in [3.63, 3.8) is 0 Å². The molecule has 41 heavy (non-hydrogen) atoms. The predicted molar refractivity (Wildman–Crippen MR) is 158 cm³/mol. The molecular formula is C34H30FN3O3. The fraction of sp³-hybridized carbons (Fsp3) is 0.176. The zero-order valence-corrected chi connectivity index (χ0v) is 22.8. The number of piperazine rings is 1. The van der Waals surface area contributed by atoms with Crippen molar-refractivity contribution in [2.75, 3.05) is 36.0 Å². The van der Waals surface area contributed by atoms with Crippen LogP contribution in [-0.2, 0) is 11.3 Å². The third-order valence-electron chi connectivity index (χ3n) is 7.47. The molecule has 0 radical (unpaired) electrons. The van der Waals surface area contributed by atoms with Crippen LogP contribution in [0.5, 0.6) is 5.75 Å². The molecule has 1 fully saturated rings. The van der Waals surface area contributed by atoms with E-state index in [1.807, 2.05) is 66.4 Å². The van der Waals surface area contributed by atoms with Gasteiger partial charge in [-0.25, -0.2) is 4.39 Å². The summed E-state index contributed by atoms with van der Waals surface area (Å²) >= 11 is 0. The number of rotatable bonds is 5. The van der Waals surface area contributed by atoms with Crippen LogP contribution < -0.4 is 14.5 Å². The topological polar surface area (TPSA) is 53.1 Å². The van der Waals surface area contributed by atoms with Crippen molar-refractivity contribution in [3.05, 3.63) is 131 Å². The van der Waals surface area contributed by atoms with Crippen LogP contribution in [0.1, 0.15) is 27.0 Å². The van der Waals surface area contributed by atoms with Crippen LogP contribution in [0, 0.1) is 12.7 Å². The maximum Gasteiger partial charge on any atom is 0.294 e. The lowest BCUT2D eigenvalue weighted by atomic mass is 10.1. The highest BCUT2D eigenvalue weighted by Crippen LogP contribution is 2.36. The summed E-state index contributed by atoms with van der Waals surface area (Å²) in [7, 11) is 0. The van der Waals surface area contributed by atoms with Crippen molar-refractivity contribution in [2.45, 2.75) is 13.5 Å². The molecule has 0 unspecified atom stereocenters. The van der Waals surface area contributed by atoms with Gasteiger partial charge in [0.15, 0.2) is 11.5 Å². The second-order valence-electron chi connectivity index (χ2n) is 10.3. The molecule has 2 aliphatic heterocycles. The van der Waals surface area contributed by atoms with Gasteiger partial charge in [0.05, 0.1) is 12.2 Å². The Morgan fingerprint density at radius 1 is 0.878 bits per heavy atom. The second kappa shape index (κ2) is 11.3. The first-order valence-electron chi connectivity index (χ1n) is 13.7. The average Bonchev–Trinajstić information content (AvgIpc) is 3.00. The van der Waals surface area contributed by atoms with Crippen molar-refractivity contribution in [1.29, 1.82) is 0 Å². The second-order valence-corrected chi connectivity index (χ2v) is 10.3. The summed E-state index contributed by atoms with van der Waals surface area (Å²) in [4.78, 5) is 32.5. The highest BCUT2D eigenvalue weighted by atomic mass is 19.1. The Hall–Kier alpha value is -4.91. The molecule has 2 amide bonds. The van der Waals surface area contributed by atoms with Gasteiger partial charge in [0.1, 0.15) is 5.82 Å². The number of halogens is 1. The summed E-state index contributed by atoms with van der Waals surface area (Å²) in [6, 6.07) is 29.3. The van der Waals surface area contributed by atoms with E-state index >= 15 is 0 Å². The Kier molecular flexibility index (Phi) is 7.25. The van der Waals surface area contributed by atoms with Crippen molar-refractivity contribution in [1.82, 2.24) is 4.90 Å². The maximum atomic E-state index is 13.6. The number of anilines is 2. The number of para-hydroxylation sites is 2. The lowest BCUT2D eigenvalue weighted by Crippen LogP contribution is -2.48. The van der Waals surface area contributed by atoms with Gasteiger partial charge in [-0.3, -0.25) is 14.5 Å². The Labute approximate surface area is 238 Å². The first-order valence-corrected chi connectivity index (χ1v) is 13.7. The third kappa shape index (κ3) is 5.70. The van der Waals surface area contributed by atoms with E-state index in [0.29, 0.717) is 44.0 Å². The van der Waals surface area contributed by atoms with Crippen LogP contribution in [0.15, 0.2) is 103 Å². The van der Waals surface area contributed by atoms with E-state index in [4.69, 9.17) is 4.74 Å². The molecule has 0 aliphatic carbocycles. The fourth-order valence-electron chi connectivity index (χ4n) is 5.29. The molecule has 0 saturated carbocycles. The molecule has 0 spiro atoms. The summed E-state index contributed by atoms with van der Waals surface area (Å²) in [6.07, 6.45) is 1.72. The van der Waals surface area contributed by atoms with Crippen LogP contribution in [0.4, 0.5) is 15.8 Å². The van der Waals surface area contributed by atoms with Gasteiger partial charge in [0, 0.05) is 37.4 Å². The van der Waals surface area contributed by atoms with Gasteiger partial charge in [-0.1, -0.05) is 54.1 Å². The molecule has 0 aromatic heterocycles. The van der Waals surface area contributed by atoms with Crippen molar-refractivity contribution < 1.29 is 18.7 Å². The van der Waals surface area contributed by atoms with Gasteiger partial charge in [0.2, 0.25) is 0 Å². The summed E-state index contributed by atoms with van der Waals surface area (Å²) in [5.41, 5.74) is 5.21. The zero-order valence-electron chi connectivity index (χ0n) is 22.8. The van der Waals surface area contributed by atoms with Crippen LogP contribution >= 0.6 is 0 Å². The molecule has 0 bridgehead atoms. The van der Waals surface area contributed by atoms with Crippen LogP contribution in [0.25, 0.3) is 6.08 Å². The first-order chi connectivity index (χ1) is 19.9. The number of hydrogen-bond donors (Lipinski definition) is 0. The minimum atomic E-state index is -0.259. The maximum absolute atomic E-state index is 13.6. The molecule has 2 aliphatic rings. The summed E-state index contributed by atoms with van der Waals surface area (Å²) in [5, 5.41) is 0. The predicted octanol–water partition coefficient (Wildman–Crippen LogP) is 6.06. The van der Waals surface area contributed by atoms with Crippen LogP contribution in [0.3, 0.4) is 0 Å². The quantitative estimate of drug-likeness (QED) is 0.285. The minimum absolute atomic E-state index is 0.0359. The molecule has 6 rings (SSSR count). The molecule has 4 aromatic rings. The first kappa shape index (κ1) is 26.3. The molecule has 1 saturated heterocycles. The lowest BCUT2D eigenvalue weighted by molar-refractivity contribution is -0.117. The SMILES string of the molecule is Cc1cccc(CN2C(=O)C(=Cc3ccc(C(=O)N4CCN(c5ccc(F)cc5)CC4)cc3)Oc3ccccc32)c1. The number of nitrogens with zero attached hydrogens (tertiary/aromatic N) is 3. The summed E-state index contributed by atoms with van der Waals surface area (Å²) < 4.78 is 19.3. The van der Waals surface area contributed by atoms with E-state index in [0.717, 1.165) is 28.1 Å². The Bertz CT molecular complexity index is 1610. The van der Waals surface area contributed by atoms with E-state index in [9.17, 15) is 14.0 Å². The van der Waals surface area contributed by atoms with E-state index in [1.165, 1.54) is 12.1 Å². The lowest BCUT2D eigenvalue weighted by Gasteiger charge is -2.36. The highest BCUT2D eigenvalue weighted by Gasteiger charge is 2.30. The number of hydrogen-bond acceptors (Lipinski definition) is 4. The van der Waals surface area contributed by atoms with Gasteiger partial charge >= 0.3 is 0 Å². The number of carbonyl (C=O) groups excluding carboxylic acids is 2. The molecule has 0 N–H and O–H groups in total. The summed E-state index contributed by atoms with van der Waals surface area (Å²) in [6.45, 7) is 5.00. The van der Waals surface area contributed by atoms with Crippen molar-refractivity contribution in [2.24, 2.45) is 0 Å². The van der Waals surface area contributed by atoms with E-state index in [2.05, 4.69) is 11.0 Å². The van der Waals surface area contributed by atoms with Gasteiger partial charge in [-0.15, -0.1) is 0 Å². The van der Waals surface area contributed by atoms with Crippen LogP contribution in [-0.4, -0.2) is 42.9 Å². The highest BCUT2D eigenvalue weighted by molar-refractivity contribution is 6.09. The smallest absolute Gasteiger partial charge is 0.294 e. The van der Waals surface area contributed by atoms with E-state index in [1.54, 1.807) is 35.2 Å². The molecular weight excluding hydrogens is 517 g/mol. The Balaban J connectivity index is 1.15. The summed E-state index contributed by atoms with van der Waals surface area (Å²) in [5.74, 6) is 0.339. The van der Waals surface area contributed by atoms with Gasteiger partial charge in [-0.05, 0) is 72.7 Å². The molecule has 2 heterocycles. The zero-order chi connectivity index (χ0) is 28.3. The molecule has 206 valence electrons. The van der Waals surface area contributed by atoms with Gasteiger partial charge in [-0.2, -0.15) is 0 Å². The average molecular weight is 548 g/mol. The number of ether oxygens (including phenoxy) is 1. The van der Waals surface area contributed by atoms with E-state index < -0.39 is 0 Å². The fourth-order valence-corrected chi connectivity index (χ4v) is 5.29. The molecule has 6 nitrogen and oxygen atoms in total. The number of aryl methyl sites for hydroxylation is 1. The largest absolute Gasteiger partial charge is 0.449 e. The molecule has 0 atom stereocenters.